The predicted octanol–water partition coefficient (Wildman–Crippen LogP) is -0.0512. The molecule has 0 aliphatic rings. The molecule has 68 valence electrons. The number of carboxylic acid groups (broad SMARTS) is 1. The summed E-state index contributed by atoms with van der Waals surface area (Å²) in [4.78, 5) is 9.97. The second-order valence-corrected chi connectivity index (χ2v) is 1.73. The van der Waals surface area contributed by atoms with Gasteiger partial charge in [0.05, 0.1) is 19.5 Å². The molecule has 0 saturated carbocycles. The quantitative estimate of drug-likeness (QED) is 0.584. The van der Waals surface area contributed by atoms with Gasteiger partial charge < -0.3 is 19.7 Å². The van der Waals surface area contributed by atoms with Gasteiger partial charge in [0.25, 0.3) is 0 Å². The molecule has 0 unspecified atom stereocenters. The number of furan rings is 1. The normalized spacial score (nSPS) is 8.50. The lowest BCUT2D eigenvalue weighted by molar-refractivity contribution is 0.0662. The van der Waals surface area contributed by atoms with Crippen molar-refractivity contribution in [2.75, 3.05) is 13.2 Å². The molecule has 5 heteroatoms. The highest BCUT2D eigenvalue weighted by Crippen LogP contribution is 1.97. The zero-order valence-electron chi connectivity index (χ0n) is 6.30. The van der Waals surface area contributed by atoms with Crippen LogP contribution in [-0.4, -0.2) is 34.5 Å². The van der Waals surface area contributed by atoms with Crippen molar-refractivity contribution in [3.8, 4) is 0 Å². The molecule has 1 aromatic rings. The van der Waals surface area contributed by atoms with Crippen molar-refractivity contribution in [1.82, 2.24) is 0 Å². The number of hydrogen-bond donors (Lipinski definition) is 3. The third-order valence-electron chi connectivity index (χ3n) is 0.832. The maximum Gasteiger partial charge on any atom is 0.371 e. The van der Waals surface area contributed by atoms with E-state index in [4.69, 9.17) is 15.3 Å². The lowest BCUT2D eigenvalue weighted by Crippen LogP contribution is -1.90. The van der Waals surface area contributed by atoms with Crippen LogP contribution in [0.15, 0.2) is 22.8 Å². The minimum absolute atomic E-state index is 0.0231. The van der Waals surface area contributed by atoms with Gasteiger partial charge in [0.2, 0.25) is 5.76 Å². The Bertz CT molecular complexity index is 202. The highest BCUT2D eigenvalue weighted by molar-refractivity contribution is 5.84. The van der Waals surface area contributed by atoms with E-state index in [-0.39, 0.29) is 19.0 Å². The fourth-order valence-electron chi connectivity index (χ4n) is 0.400. The molecule has 0 aliphatic carbocycles. The highest BCUT2D eigenvalue weighted by atomic mass is 16.4. The first-order valence-electron chi connectivity index (χ1n) is 3.21. The maximum absolute atomic E-state index is 9.97. The first-order valence-corrected chi connectivity index (χ1v) is 3.21. The van der Waals surface area contributed by atoms with Gasteiger partial charge in [-0.2, -0.15) is 0 Å². The van der Waals surface area contributed by atoms with Gasteiger partial charge in [-0.3, -0.25) is 0 Å². The zero-order chi connectivity index (χ0) is 9.40. The van der Waals surface area contributed by atoms with E-state index in [0.29, 0.717) is 0 Å². The summed E-state index contributed by atoms with van der Waals surface area (Å²) in [5, 5.41) is 23.4. The second kappa shape index (κ2) is 6.38. The molecule has 0 fully saturated rings. The van der Waals surface area contributed by atoms with Gasteiger partial charge in [0, 0.05) is 0 Å². The number of aliphatic hydroxyl groups excluding tert-OH is 2. The number of aliphatic hydroxyl groups is 2. The molecule has 1 heterocycles. The van der Waals surface area contributed by atoms with E-state index in [0.717, 1.165) is 0 Å². The molecule has 12 heavy (non-hydrogen) atoms. The van der Waals surface area contributed by atoms with Gasteiger partial charge >= 0.3 is 5.97 Å². The Morgan fingerprint density at radius 3 is 2.17 bits per heavy atom. The molecule has 0 aromatic carbocycles. The van der Waals surface area contributed by atoms with Gasteiger partial charge in [-0.05, 0) is 12.1 Å². The third-order valence-corrected chi connectivity index (χ3v) is 0.832. The summed E-state index contributed by atoms with van der Waals surface area (Å²) in [6.07, 6.45) is 1.32. The van der Waals surface area contributed by atoms with Gasteiger partial charge in [0.1, 0.15) is 0 Å². The van der Waals surface area contributed by atoms with Crippen LogP contribution in [0.25, 0.3) is 0 Å². The van der Waals surface area contributed by atoms with E-state index in [1.165, 1.54) is 18.4 Å². The Morgan fingerprint density at radius 2 is 2.00 bits per heavy atom. The van der Waals surface area contributed by atoms with E-state index in [9.17, 15) is 4.79 Å². The van der Waals surface area contributed by atoms with E-state index < -0.39 is 5.97 Å². The van der Waals surface area contributed by atoms with Gasteiger partial charge in [-0.1, -0.05) is 0 Å². The van der Waals surface area contributed by atoms with Crippen LogP contribution in [-0.2, 0) is 0 Å². The van der Waals surface area contributed by atoms with Crippen molar-refractivity contribution in [2.45, 2.75) is 0 Å². The van der Waals surface area contributed by atoms with Crippen LogP contribution < -0.4 is 0 Å². The van der Waals surface area contributed by atoms with Gasteiger partial charge in [-0.25, -0.2) is 4.79 Å². The SMILES string of the molecule is O=C(O)c1ccco1.OCCO. The third kappa shape index (κ3) is 4.48. The minimum Gasteiger partial charge on any atom is -0.475 e. The van der Waals surface area contributed by atoms with E-state index in [1.54, 1.807) is 0 Å². The number of hydrogen-bond acceptors (Lipinski definition) is 4. The van der Waals surface area contributed by atoms with Crippen LogP contribution >= 0.6 is 0 Å². The molecule has 0 spiro atoms. The second-order valence-electron chi connectivity index (χ2n) is 1.73. The molecule has 1 aromatic heterocycles. The maximum atomic E-state index is 9.97. The number of carboxylic acids is 1. The van der Waals surface area contributed by atoms with Gasteiger partial charge in [-0.15, -0.1) is 0 Å². The summed E-state index contributed by atoms with van der Waals surface area (Å²) in [7, 11) is 0. The van der Waals surface area contributed by atoms with E-state index >= 15 is 0 Å². The van der Waals surface area contributed by atoms with Crippen molar-refractivity contribution in [2.24, 2.45) is 0 Å². The Morgan fingerprint density at radius 1 is 1.42 bits per heavy atom. The van der Waals surface area contributed by atoms with Crippen LogP contribution in [0.5, 0.6) is 0 Å². The average Bonchev–Trinajstić information content (AvgIpc) is 2.57. The Balaban J connectivity index is 0.000000261. The molecule has 0 saturated heterocycles. The zero-order valence-corrected chi connectivity index (χ0v) is 6.30. The molecule has 5 nitrogen and oxygen atoms in total. The van der Waals surface area contributed by atoms with Crippen molar-refractivity contribution in [3.63, 3.8) is 0 Å². The average molecular weight is 174 g/mol. The first-order chi connectivity index (χ1) is 5.72. The fourth-order valence-corrected chi connectivity index (χ4v) is 0.400. The van der Waals surface area contributed by atoms with E-state index in [1.807, 2.05) is 0 Å². The summed E-state index contributed by atoms with van der Waals surface area (Å²) in [6.45, 7) is -0.250. The van der Waals surface area contributed by atoms with Crippen molar-refractivity contribution in [3.05, 3.63) is 24.2 Å². The summed E-state index contributed by atoms with van der Waals surface area (Å²) < 4.78 is 4.50. The van der Waals surface area contributed by atoms with Crippen molar-refractivity contribution in [1.29, 1.82) is 0 Å². The van der Waals surface area contributed by atoms with Crippen LogP contribution in [0.1, 0.15) is 10.6 Å². The standard InChI is InChI=1S/C5H4O3.C2H6O2/c6-5(7)4-2-1-3-8-4;3-1-2-4/h1-3H,(H,6,7);3-4H,1-2H2. The fraction of sp³-hybridized carbons (Fsp3) is 0.286. The van der Waals surface area contributed by atoms with Crippen molar-refractivity contribution >= 4 is 5.97 Å². The van der Waals surface area contributed by atoms with Crippen molar-refractivity contribution < 1.29 is 24.5 Å². The lowest BCUT2D eigenvalue weighted by Gasteiger charge is -1.79. The number of aromatic carboxylic acids is 1. The topological polar surface area (TPSA) is 90.9 Å². The van der Waals surface area contributed by atoms with Gasteiger partial charge in [0.15, 0.2) is 0 Å². The molecule has 0 amide bonds. The monoisotopic (exact) mass is 174 g/mol. The summed E-state index contributed by atoms with van der Waals surface area (Å²) in [6, 6.07) is 2.92. The first kappa shape index (κ1) is 10.7. The Kier molecular flexibility index (Phi) is 5.68. The summed E-state index contributed by atoms with van der Waals surface area (Å²) in [5.74, 6) is -1.06. The van der Waals surface area contributed by atoms with Crippen LogP contribution in [0.4, 0.5) is 0 Å². The Labute approximate surface area is 68.9 Å². The smallest absolute Gasteiger partial charge is 0.371 e. The van der Waals surface area contributed by atoms with Crippen LogP contribution in [0, 0.1) is 0 Å². The lowest BCUT2D eigenvalue weighted by atomic mass is 10.5. The molecule has 0 radical (unpaired) electrons. The summed E-state index contributed by atoms with van der Waals surface area (Å²) >= 11 is 0. The number of carbonyl (C=O) groups is 1. The summed E-state index contributed by atoms with van der Waals surface area (Å²) in [5.41, 5.74) is 0. The Hall–Kier alpha value is -1.33. The predicted molar refractivity (Wildman–Crippen MR) is 39.8 cm³/mol. The van der Waals surface area contributed by atoms with Crippen LogP contribution in [0.2, 0.25) is 0 Å². The molecule has 0 atom stereocenters. The molecule has 0 bridgehead atoms. The molecule has 3 N–H and O–H groups in total. The molecular formula is C7H10O5. The van der Waals surface area contributed by atoms with Crippen LogP contribution in [0.3, 0.4) is 0 Å². The number of rotatable bonds is 2. The molecule has 1 rings (SSSR count). The van der Waals surface area contributed by atoms with E-state index in [2.05, 4.69) is 4.42 Å². The molecule has 0 aliphatic heterocycles. The highest BCUT2D eigenvalue weighted by Gasteiger charge is 2.01. The minimum atomic E-state index is -1.03. The largest absolute Gasteiger partial charge is 0.475 e. The molecular weight excluding hydrogens is 164 g/mol.